The maximum Gasteiger partial charge on any atom is 0.0192 e. The second-order valence-electron chi connectivity index (χ2n) is 4.07. The minimum Gasteiger partial charge on any atom is -0.330 e. The summed E-state index contributed by atoms with van der Waals surface area (Å²) < 4.78 is 0. The molecule has 5 heteroatoms. The molecule has 0 spiro atoms. The minimum absolute atomic E-state index is 0.507. The van der Waals surface area contributed by atoms with E-state index in [0.717, 1.165) is 65.0 Å². The van der Waals surface area contributed by atoms with Crippen LogP contribution in [-0.4, -0.2) is 45.3 Å². The SMILES string of the molecule is NCCCNC[C@@H](CCCN)NCCCN. The van der Waals surface area contributed by atoms with Crippen molar-refractivity contribution in [1.29, 1.82) is 0 Å². The highest BCUT2D eigenvalue weighted by molar-refractivity contribution is 4.70. The Balaban J connectivity index is 3.54. The average Bonchev–Trinajstić information content (AvgIpc) is 2.31. The van der Waals surface area contributed by atoms with Crippen molar-refractivity contribution in [2.75, 3.05) is 39.3 Å². The number of nitrogens with one attached hydrogen (secondary N) is 2. The molecule has 98 valence electrons. The zero-order valence-electron chi connectivity index (χ0n) is 10.4. The van der Waals surface area contributed by atoms with Gasteiger partial charge in [-0.15, -0.1) is 0 Å². The van der Waals surface area contributed by atoms with Gasteiger partial charge in [0.15, 0.2) is 0 Å². The van der Waals surface area contributed by atoms with Crippen molar-refractivity contribution in [2.24, 2.45) is 17.2 Å². The van der Waals surface area contributed by atoms with Gasteiger partial charge in [0, 0.05) is 12.6 Å². The molecule has 0 aliphatic rings. The first-order valence-electron chi connectivity index (χ1n) is 6.39. The summed E-state index contributed by atoms with van der Waals surface area (Å²) in [7, 11) is 0. The van der Waals surface area contributed by atoms with Gasteiger partial charge in [0.05, 0.1) is 0 Å². The van der Waals surface area contributed by atoms with Gasteiger partial charge in [-0.25, -0.2) is 0 Å². The van der Waals surface area contributed by atoms with E-state index in [2.05, 4.69) is 10.6 Å². The van der Waals surface area contributed by atoms with Crippen molar-refractivity contribution in [2.45, 2.75) is 31.7 Å². The highest BCUT2D eigenvalue weighted by Crippen LogP contribution is 1.95. The van der Waals surface area contributed by atoms with Crippen LogP contribution in [0.1, 0.15) is 25.7 Å². The van der Waals surface area contributed by atoms with Gasteiger partial charge in [-0.3, -0.25) is 0 Å². The predicted molar refractivity (Wildman–Crippen MR) is 70.3 cm³/mol. The Hall–Kier alpha value is -0.200. The summed E-state index contributed by atoms with van der Waals surface area (Å²) in [6, 6.07) is 0.507. The van der Waals surface area contributed by atoms with Crippen molar-refractivity contribution in [1.82, 2.24) is 10.6 Å². The molecule has 0 fully saturated rings. The predicted octanol–water partition coefficient (Wildman–Crippen LogP) is -1.03. The van der Waals surface area contributed by atoms with Crippen LogP contribution in [0.3, 0.4) is 0 Å². The summed E-state index contributed by atoms with van der Waals surface area (Å²) in [4.78, 5) is 0. The molecule has 1 atom stereocenters. The van der Waals surface area contributed by atoms with E-state index in [9.17, 15) is 0 Å². The third kappa shape index (κ3) is 10.3. The minimum atomic E-state index is 0.507. The Morgan fingerprint density at radius 1 is 0.812 bits per heavy atom. The van der Waals surface area contributed by atoms with Gasteiger partial charge < -0.3 is 27.8 Å². The van der Waals surface area contributed by atoms with E-state index in [4.69, 9.17) is 17.2 Å². The molecule has 0 radical (unpaired) electrons. The molecule has 0 rings (SSSR count). The van der Waals surface area contributed by atoms with E-state index in [1.54, 1.807) is 0 Å². The Kier molecular flexibility index (Phi) is 12.7. The Morgan fingerprint density at radius 3 is 2.06 bits per heavy atom. The van der Waals surface area contributed by atoms with Crippen LogP contribution in [0.25, 0.3) is 0 Å². The molecule has 0 aliphatic carbocycles. The lowest BCUT2D eigenvalue weighted by Gasteiger charge is -2.19. The fourth-order valence-corrected chi connectivity index (χ4v) is 1.55. The molecule has 0 aromatic carbocycles. The molecule has 0 aliphatic heterocycles. The molecule has 0 aromatic rings. The molecular formula is C11H29N5. The van der Waals surface area contributed by atoms with Crippen LogP contribution in [0.2, 0.25) is 0 Å². The van der Waals surface area contributed by atoms with E-state index >= 15 is 0 Å². The van der Waals surface area contributed by atoms with E-state index < -0.39 is 0 Å². The molecule has 0 heterocycles. The van der Waals surface area contributed by atoms with Gasteiger partial charge in [0.2, 0.25) is 0 Å². The van der Waals surface area contributed by atoms with Crippen LogP contribution in [0, 0.1) is 0 Å². The third-order valence-corrected chi connectivity index (χ3v) is 2.52. The second kappa shape index (κ2) is 12.9. The van der Waals surface area contributed by atoms with E-state index in [-0.39, 0.29) is 0 Å². The second-order valence-corrected chi connectivity index (χ2v) is 4.07. The molecule has 5 nitrogen and oxygen atoms in total. The van der Waals surface area contributed by atoms with Crippen LogP contribution in [-0.2, 0) is 0 Å². The number of hydrogen-bond donors (Lipinski definition) is 5. The molecule has 16 heavy (non-hydrogen) atoms. The number of nitrogens with two attached hydrogens (primary N) is 3. The van der Waals surface area contributed by atoms with Crippen molar-refractivity contribution >= 4 is 0 Å². The molecule has 0 bridgehead atoms. The first-order chi connectivity index (χ1) is 7.85. The van der Waals surface area contributed by atoms with Gasteiger partial charge in [-0.05, 0) is 58.4 Å². The fraction of sp³-hybridized carbons (Fsp3) is 1.00. The van der Waals surface area contributed by atoms with E-state index in [1.807, 2.05) is 0 Å². The Morgan fingerprint density at radius 2 is 1.44 bits per heavy atom. The number of hydrogen-bond acceptors (Lipinski definition) is 5. The zero-order chi connectivity index (χ0) is 12.1. The number of rotatable bonds is 12. The van der Waals surface area contributed by atoms with Crippen molar-refractivity contribution in [3.8, 4) is 0 Å². The topological polar surface area (TPSA) is 102 Å². The van der Waals surface area contributed by atoms with E-state index in [0.29, 0.717) is 6.04 Å². The summed E-state index contributed by atoms with van der Waals surface area (Å²) in [5.74, 6) is 0. The van der Waals surface area contributed by atoms with Crippen LogP contribution >= 0.6 is 0 Å². The summed E-state index contributed by atoms with van der Waals surface area (Å²) in [5, 5.41) is 6.91. The normalized spacial score (nSPS) is 12.9. The molecular weight excluding hydrogens is 202 g/mol. The van der Waals surface area contributed by atoms with Crippen LogP contribution in [0.15, 0.2) is 0 Å². The van der Waals surface area contributed by atoms with Gasteiger partial charge in [-0.2, -0.15) is 0 Å². The molecule has 8 N–H and O–H groups in total. The molecule has 0 amide bonds. The van der Waals surface area contributed by atoms with Gasteiger partial charge in [0.25, 0.3) is 0 Å². The Labute approximate surface area is 99.5 Å². The summed E-state index contributed by atoms with van der Waals surface area (Å²) in [6.07, 6.45) is 4.25. The monoisotopic (exact) mass is 231 g/mol. The first kappa shape index (κ1) is 15.8. The smallest absolute Gasteiger partial charge is 0.0192 e. The highest BCUT2D eigenvalue weighted by atomic mass is 15.0. The molecule has 0 unspecified atom stereocenters. The summed E-state index contributed by atoms with van der Waals surface area (Å²) >= 11 is 0. The summed E-state index contributed by atoms with van der Waals surface area (Å²) in [5.41, 5.74) is 16.4. The van der Waals surface area contributed by atoms with Crippen LogP contribution in [0.5, 0.6) is 0 Å². The van der Waals surface area contributed by atoms with Gasteiger partial charge >= 0.3 is 0 Å². The van der Waals surface area contributed by atoms with Gasteiger partial charge in [-0.1, -0.05) is 0 Å². The van der Waals surface area contributed by atoms with E-state index in [1.165, 1.54) is 0 Å². The average molecular weight is 231 g/mol. The maximum atomic E-state index is 5.52. The molecule has 0 aromatic heterocycles. The quantitative estimate of drug-likeness (QED) is 0.276. The lowest BCUT2D eigenvalue weighted by atomic mass is 10.1. The third-order valence-electron chi connectivity index (χ3n) is 2.52. The van der Waals surface area contributed by atoms with Gasteiger partial charge in [0.1, 0.15) is 0 Å². The lowest BCUT2D eigenvalue weighted by Crippen LogP contribution is -2.40. The maximum absolute atomic E-state index is 5.52. The first-order valence-corrected chi connectivity index (χ1v) is 6.39. The van der Waals surface area contributed by atoms with Crippen LogP contribution in [0.4, 0.5) is 0 Å². The van der Waals surface area contributed by atoms with Crippen molar-refractivity contribution in [3.05, 3.63) is 0 Å². The van der Waals surface area contributed by atoms with Crippen LogP contribution < -0.4 is 27.8 Å². The van der Waals surface area contributed by atoms with Crippen molar-refractivity contribution < 1.29 is 0 Å². The Bertz CT molecular complexity index is 132. The fourth-order valence-electron chi connectivity index (χ4n) is 1.55. The van der Waals surface area contributed by atoms with Crippen molar-refractivity contribution in [3.63, 3.8) is 0 Å². The molecule has 0 saturated carbocycles. The molecule has 0 saturated heterocycles. The lowest BCUT2D eigenvalue weighted by molar-refractivity contribution is 0.437. The standard InChI is InChI=1S/C11H29N5/c12-5-1-4-11(16-9-3-7-14)10-15-8-2-6-13/h11,15-16H,1-10,12-14H2/t11-/m1/s1. The summed E-state index contributed by atoms with van der Waals surface area (Å²) in [6.45, 7) is 5.24. The zero-order valence-corrected chi connectivity index (χ0v) is 10.4. The largest absolute Gasteiger partial charge is 0.330 e. The highest BCUT2D eigenvalue weighted by Gasteiger charge is 2.06.